The fourth-order valence-corrected chi connectivity index (χ4v) is 1.96. The average Bonchev–Trinajstić information content (AvgIpc) is 2.37. The molecule has 0 spiro atoms. The highest BCUT2D eigenvalue weighted by Gasteiger charge is 2.17. The Balaban J connectivity index is 3.06. The molecule has 0 unspecified atom stereocenters. The van der Waals surface area contributed by atoms with Crippen LogP contribution < -0.4 is 5.73 Å². The quantitative estimate of drug-likeness (QED) is 0.717. The molecule has 1 rings (SSSR count). The standard InChI is InChI=1S/C16H25N/c1-5-13(12-16(4,6-2)7-3)14-8-10-15(17)11-9-14/h8-12H,5-7,17H2,1-4H3/b13-12-. The molecule has 0 saturated carbocycles. The summed E-state index contributed by atoms with van der Waals surface area (Å²) in [6, 6.07) is 8.20. The van der Waals surface area contributed by atoms with Crippen LogP contribution in [-0.4, -0.2) is 0 Å². The molecule has 0 saturated heterocycles. The second-order valence-corrected chi connectivity index (χ2v) is 5.01. The molecule has 0 radical (unpaired) electrons. The minimum Gasteiger partial charge on any atom is -0.399 e. The van der Waals surface area contributed by atoms with E-state index in [0.29, 0.717) is 5.41 Å². The molecule has 17 heavy (non-hydrogen) atoms. The van der Waals surface area contributed by atoms with Gasteiger partial charge in [0.15, 0.2) is 0 Å². The molecular formula is C16H25N. The van der Waals surface area contributed by atoms with Gasteiger partial charge in [-0.1, -0.05) is 45.9 Å². The normalized spacial score (nSPS) is 12.8. The number of nitrogens with two attached hydrogens (primary N) is 1. The summed E-state index contributed by atoms with van der Waals surface area (Å²) in [4.78, 5) is 0. The van der Waals surface area contributed by atoms with Crippen molar-refractivity contribution < 1.29 is 0 Å². The van der Waals surface area contributed by atoms with E-state index < -0.39 is 0 Å². The molecule has 0 aliphatic rings. The molecule has 0 heterocycles. The van der Waals surface area contributed by atoms with E-state index in [1.165, 1.54) is 24.0 Å². The van der Waals surface area contributed by atoms with Gasteiger partial charge in [-0.25, -0.2) is 0 Å². The largest absolute Gasteiger partial charge is 0.399 e. The van der Waals surface area contributed by atoms with Crippen LogP contribution in [0.15, 0.2) is 30.3 Å². The fourth-order valence-electron chi connectivity index (χ4n) is 1.96. The molecule has 0 atom stereocenters. The van der Waals surface area contributed by atoms with Gasteiger partial charge in [0.2, 0.25) is 0 Å². The molecule has 1 heteroatoms. The maximum atomic E-state index is 5.73. The third-order valence-corrected chi connectivity index (χ3v) is 3.80. The van der Waals surface area contributed by atoms with Crippen LogP contribution in [0.1, 0.15) is 52.5 Å². The van der Waals surface area contributed by atoms with Crippen LogP contribution >= 0.6 is 0 Å². The van der Waals surface area contributed by atoms with Gasteiger partial charge in [0.25, 0.3) is 0 Å². The minimum absolute atomic E-state index is 0.312. The van der Waals surface area contributed by atoms with Crippen molar-refractivity contribution in [2.45, 2.75) is 47.0 Å². The topological polar surface area (TPSA) is 26.0 Å². The van der Waals surface area contributed by atoms with Gasteiger partial charge < -0.3 is 5.73 Å². The van der Waals surface area contributed by atoms with Crippen molar-refractivity contribution in [3.63, 3.8) is 0 Å². The molecule has 0 bridgehead atoms. The number of nitrogen functional groups attached to an aromatic ring is 1. The first kappa shape index (κ1) is 13.8. The summed E-state index contributed by atoms with van der Waals surface area (Å²) in [7, 11) is 0. The first-order chi connectivity index (χ1) is 8.04. The van der Waals surface area contributed by atoms with Gasteiger partial charge in [-0.2, -0.15) is 0 Å². The minimum atomic E-state index is 0.312. The number of allylic oxidation sites excluding steroid dienone is 2. The third-order valence-electron chi connectivity index (χ3n) is 3.80. The summed E-state index contributed by atoms with van der Waals surface area (Å²) in [6.07, 6.45) is 5.88. The number of anilines is 1. The summed E-state index contributed by atoms with van der Waals surface area (Å²) in [6.45, 7) is 9.07. The van der Waals surface area contributed by atoms with Crippen molar-refractivity contribution in [1.82, 2.24) is 0 Å². The zero-order valence-corrected chi connectivity index (χ0v) is 11.6. The second-order valence-electron chi connectivity index (χ2n) is 5.01. The van der Waals surface area contributed by atoms with E-state index in [9.17, 15) is 0 Å². The van der Waals surface area contributed by atoms with E-state index in [0.717, 1.165) is 12.1 Å². The smallest absolute Gasteiger partial charge is 0.0314 e. The van der Waals surface area contributed by atoms with Gasteiger partial charge >= 0.3 is 0 Å². The van der Waals surface area contributed by atoms with Crippen molar-refractivity contribution in [1.29, 1.82) is 0 Å². The Morgan fingerprint density at radius 2 is 1.65 bits per heavy atom. The highest BCUT2D eigenvalue weighted by molar-refractivity contribution is 5.67. The van der Waals surface area contributed by atoms with Gasteiger partial charge in [0, 0.05) is 5.69 Å². The molecule has 0 aromatic heterocycles. The van der Waals surface area contributed by atoms with Crippen molar-refractivity contribution in [2.24, 2.45) is 5.41 Å². The molecule has 0 aliphatic heterocycles. The molecule has 0 fully saturated rings. The number of benzene rings is 1. The number of rotatable bonds is 5. The Bertz CT molecular complexity index is 369. The van der Waals surface area contributed by atoms with Gasteiger partial charge in [-0.05, 0) is 47.9 Å². The summed E-state index contributed by atoms with van der Waals surface area (Å²) in [5, 5.41) is 0. The van der Waals surface area contributed by atoms with E-state index in [1.807, 2.05) is 12.1 Å². The van der Waals surface area contributed by atoms with E-state index in [-0.39, 0.29) is 0 Å². The van der Waals surface area contributed by atoms with Gasteiger partial charge in [0.1, 0.15) is 0 Å². The highest BCUT2D eigenvalue weighted by atomic mass is 14.5. The third kappa shape index (κ3) is 3.62. The number of hydrogen-bond acceptors (Lipinski definition) is 1. The van der Waals surface area contributed by atoms with E-state index >= 15 is 0 Å². The van der Waals surface area contributed by atoms with Gasteiger partial charge in [0.05, 0.1) is 0 Å². The predicted octanol–water partition coefficient (Wildman–Crippen LogP) is 4.89. The van der Waals surface area contributed by atoms with Crippen LogP contribution in [-0.2, 0) is 0 Å². The summed E-state index contributed by atoms with van der Waals surface area (Å²) < 4.78 is 0. The second kappa shape index (κ2) is 5.90. The van der Waals surface area contributed by atoms with Crippen molar-refractivity contribution in [3.05, 3.63) is 35.9 Å². The van der Waals surface area contributed by atoms with Crippen LogP contribution in [0.4, 0.5) is 5.69 Å². The first-order valence-corrected chi connectivity index (χ1v) is 6.62. The Morgan fingerprint density at radius 1 is 1.12 bits per heavy atom. The molecule has 0 amide bonds. The van der Waals surface area contributed by atoms with Crippen molar-refractivity contribution in [3.8, 4) is 0 Å². The lowest BCUT2D eigenvalue weighted by atomic mass is 9.81. The Morgan fingerprint density at radius 3 is 2.06 bits per heavy atom. The molecular weight excluding hydrogens is 206 g/mol. The number of hydrogen-bond donors (Lipinski definition) is 1. The molecule has 94 valence electrons. The van der Waals surface area contributed by atoms with Crippen molar-refractivity contribution in [2.75, 3.05) is 5.73 Å². The van der Waals surface area contributed by atoms with Crippen LogP contribution in [0.5, 0.6) is 0 Å². The Hall–Kier alpha value is -1.24. The zero-order chi connectivity index (χ0) is 12.9. The fraction of sp³-hybridized carbons (Fsp3) is 0.500. The maximum absolute atomic E-state index is 5.73. The SMILES string of the molecule is CC/C(=C/C(C)(CC)CC)c1ccc(N)cc1. The molecule has 0 aliphatic carbocycles. The van der Waals surface area contributed by atoms with E-state index in [2.05, 4.69) is 45.9 Å². The maximum Gasteiger partial charge on any atom is 0.0314 e. The average molecular weight is 231 g/mol. The van der Waals surface area contributed by atoms with Gasteiger partial charge in [-0.3, -0.25) is 0 Å². The van der Waals surface area contributed by atoms with E-state index in [4.69, 9.17) is 5.73 Å². The summed E-state index contributed by atoms with van der Waals surface area (Å²) >= 11 is 0. The summed E-state index contributed by atoms with van der Waals surface area (Å²) in [5.41, 5.74) is 9.60. The Labute approximate surface area is 106 Å². The molecule has 1 aromatic rings. The highest BCUT2D eigenvalue weighted by Crippen LogP contribution is 2.32. The van der Waals surface area contributed by atoms with Crippen LogP contribution in [0.25, 0.3) is 5.57 Å². The monoisotopic (exact) mass is 231 g/mol. The van der Waals surface area contributed by atoms with E-state index in [1.54, 1.807) is 0 Å². The summed E-state index contributed by atoms with van der Waals surface area (Å²) in [5.74, 6) is 0. The van der Waals surface area contributed by atoms with Crippen LogP contribution in [0, 0.1) is 5.41 Å². The zero-order valence-electron chi connectivity index (χ0n) is 11.6. The molecule has 2 N–H and O–H groups in total. The Kier molecular flexibility index (Phi) is 4.80. The lowest BCUT2D eigenvalue weighted by Gasteiger charge is -2.24. The first-order valence-electron chi connectivity index (χ1n) is 6.62. The predicted molar refractivity (Wildman–Crippen MR) is 77.8 cm³/mol. The molecule has 1 nitrogen and oxygen atoms in total. The van der Waals surface area contributed by atoms with Crippen molar-refractivity contribution >= 4 is 11.3 Å². The van der Waals surface area contributed by atoms with Crippen LogP contribution in [0.2, 0.25) is 0 Å². The molecule has 1 aromatic carbocycles. The van der Waals surface area contributed by atoms with Crippen LogP contribution in [0.3, 0.4) is 0 Å². The lowest BCUT2D eigenvalue weighted by Crippen LogP contribution is -2.10. The lowest BCUT2D eigenvalue weighted by molar-refractivity contribution is 0.396. The van der Waals surface area contributed by atoms with Gasteiger partial charge in [-0.15, -0.1) is 0 Å².